The van der Waals surface area contributed by atoms with Gasteiger partial charge in [0, 0.05) is 5.69 Å². The molecule has 3 aromatic heterocycles. The number of amides is 1. The quantitative estimate of drug-likeness (QED) is 0.341. The number of carbonyl (C=O) groups excluding carboxylic acids is 1. The number of thioether (sulfide) groups is 1. The van der Waals surface area contributed by atoms with Crippen LogP contribution >= 0.6 is 11.8 Å². The van der Waals surface area contributed by atoms with Gasteiger partial charge in [-0.05, 0) is 52.8 Å². The molecule has 1 amide bonds. The molecule has 4 rings (SSSR count). The number of rotatable bonds is 6. The van der Waals surface area contributed by atoms with Crippen LogP contribution in [-0.2, 0) is 4.79 Å². The van der Waals surface area contributed by atoms with Crippen molar-refractivity contribution in [3.8, 4) is 11.6 Å². The Bertz CT molecular complexity index is 1280. The molecular formula is C21H25N9OS. The molecule has 0 fully saturated rings. The highest BCUT2D eigenvalue weighted by Crippen LogP contribution is 2.24. The van der Waals surface area contributed by atoms with E-state index in [-0.39, 0.29) is 11.7 Å². The topological polar surface area (TPSA) is 121 Å². The first kappa shape index (κ1) is 21.6. The third-order valence-corrected chi connectivity index (χ3v) is 5.96. The van der Waals surface area contributed by atoms with Gasteiger partial charge in [-0.1, -0.05) is 29.5 Å². The second-order valence-electron chi connectivity index (χ2n) is 7.62. The Labute approximate surface area is 189 Å². The van der Waals surface area contributed by atoms with Gasteiger partial charge in [-0.2, -0.15) is 10.2 Å². The minimum absolute atomic E-state index is 0.126. The van der Waals surface area contributed by atoms with Gasteiger partial charge < -0.3 is 11.2 Å². The van der Waals surface area contributed by atoms with E-state index in [9.17, 15) is 4.79 Å². The fraction of sp³-hybridized carbons (Fsp3) is 0.286. The summed E-state index contributed by atoms with van der Waals surface area (Å²) in [5.41, 5.74) is 6.18. The van der Waals surface area contributed by atoms with E-state index in [1.54, 1.807) is 4.68 Å². The zero-order chi connectivity index (χ0) is 23.0. The van der Waals surface area contributed by atoms with Crippen molar-refractivity contribution in [3.63, 3.8) is 0 Å². The second kappa shape index (κ2) is 8.50. The van der Waals surface area contributed by atoms with Gasteiger partial charge in [-0.3, -0.25) is 4.79 Å². The molecule has 166 valence electrons. The molecule has 0 aliphatic heterocycles. The zero-order valence-corrected chi connectivity index (χ0v) is 19.4. The molecule has 0 aliphatic rings. The lowest BCUT2D eigenvalue weighted by atomic mass is 10.2. The molecular weight excluding hydrogens is 426 g/mol. The van der Waals surface area contributed by atoms with Crippen molar-refractivity contribution >= 4 is 23.4 Å². The first-order valence-electron chi connectivity index (χ1n) is 10.0. The Morgan fingerprint density at radius 1 is 1.03 bits per heavy atom. The van der Waals surface area contributed by atoms with Gasteiger partial charge in [0.15, 0.2) is 0 Å². The Kier molecular flexibility index (Phi) is 5.74. The normalized spacial score (nSPS) is 11.2. The maximum atomic E-state index is 12.6. The average molecular weight is 452 g/mol. The monoisotopic (exact) mass is 451 g/mol. The van der Waals surface area contributed by atoms with Gasteiger partial charge in [-0.25, -0.2) is 14.0 Å². The third kappa shape index (κ3) is 4.11. The van der Waals surface area contributed by atoms with E-state index in [4.69, 9.17) is 5.84 Å². The second-order valence-corrected chi connectivity index (χ2v) is 8.56. The number of anilines is 1. The van der Waals surface area contributed by atoms with Gasteiger partial charge in [-0.15, -0.1) is 10.2 Å². The minimum atomic E-state index is -0.180. The zero-order valence-electron chi connectivity index (χ0n) is 18.6. The molecule has 0 saturated heterocycles. The molecule has 3 heterocycles. The van der Waals surface area contributed by atoms with Crippen LogP contribution in [0.4, 0.5) is 5.69 Å². The molecule has 3 N–H and O–H groups in total. The molecule has 32 heavy (non-hydrogen) atoms. The van der Waals surface area contributed by atoms with Crippen molar-refractivity contribution < 1.29 is 4.79 Å². The third-order valence-electron chi connectivity index (χ3n) is 5.01. The number of hydrogen-bond acceptors (Lipinski definition) is 7. The molecule has 0 unspecified atom stereocenters. The minimum Gasteiger partial charge on any atom is -0.334 e. The van der Waals surface area contributed by atoms with E-state index >= 15 is 0 Å². The van der Waals surface area contributed by atoms with Crippen molar-refractivity contribution in [2.45, 2.75) is 39.8 Å². The van der Waals surface area contributed by atoms with Crippen LogP contribution in [0.1, 0.15) is 28.3 Å². The van der Waals surface area contributed by atoms with E-state index < -0.39 is 0 Å². The summed E-state index contributed by atoms with van der Waals surface area (Å²) in [5, 5.41) is 20.6. The van der Waals surface area contributed by atoms with Crippen molar-refractivity contribution in [3.05, 3.63) is 58.7 Å². The van der Waals surface area contributed by atoms with Crippen LogP contribution in [-0.4, -0.2) is 46.1 Å². The van der Waals surface area contributed by atoms with Crippen molar-refractivity contribution in [2.24, 2.45) is 0 Å². The molecule has 0 spiro atoms. The highest BCUT2D eigenvalue weighted by Gasteiger charge is 2.18. The molecule has 10 nitrogen and oxygen atoms in total. The predicted octanol–water partition coefficient (Wildman–Crippen LogP) is 2.64. The average Bonchev–Trinajstić information content (AvgIpc) is 3.37. The lowest BCUT2D eigenvalue weighted by Crippen LogP contribution is -2.19. The number of nitrogens with two attached hydrogens (primary N) is 1. The highest BCUT2D eigenvalue weighted by atomic mass is 32.2. The van der Waals surface area contributed by atoms with E-state index in [0.717, 1.165) is 28.5 Å². The molecule has 1 aromatic carbocycles. The van der Waals surface area contributed by atoms with Gasteiger partial charge in [0.05, 0.1) is 34.2 Å². The van der Waals surface area contributed by atoms with Crippen LogP contribution in [0.2, 0.25) is 0 Å². The van der Waals surface area contributed by atoms with E-state index in [2.05, 4.69) is 25.7 Å². The molecule has 0 aliphatic carbocycles. The van der Waals surface area contributed by atoms with E-state index in [1.165, 1.54) is 22.0 Å². The summed E-state index contributed by atoms with van der Waals surface area (Å²) < 4.78 is 4.79. The summed E-state index contributed by atoms with van der Waals surface area (Å²) >= 11 is 1.20. The predicted molar refractivity (Wildman–Crippen MR) is 124 cm³/mol. The lowest BCUT2D eigenvalue weighted by Gasteiger charge is -2.08. The van der Waals surface area contributed by atoms with E-state index in [1.807, 2.05) is 69.6 Å². The van der Waals surface area contributed by atoms with Crippen molar-refractivity contribution in [1.29, 1.82) is 0 Å². The van der Waals surface area contributed by atoms with Crippen molar-refractivity contribution in [1.82, 2.24) is 34.4 Å². The number of nitrogen functional groups attached to an aromatic ring is 1. The van der Waals surface area contributed by atoms with Crippen molar-refractivity contribution in [2.75, 3.05) is 16.9 Å². The SMILES string of the molecule is Cc1ccc(-n2nc(C)c(NC(=O)CSc3nnc(-n4nc(C)cc4C)n3N)c2C)cc1. The van der Waals surface area contributed by atoms with Gasteiger partial charge in [0.25, 0.3) is 5.95 Å². The van der Waals surface area contributed by atoms with Gasteiger partial charge in [0.1, 0.15) is 0 Å². The van der Waals surface area contributed by atoms with Crippen LogP contribution in [0.5, 0.6) is 0 Å². The molecule has 4 aromatic rings. The van der Waals surface area contributed by atoms with Crippen LogP contribution in [0.3, 0.4) is 0 Å². The fourth-order valence-electron chi connectivity index (χ4n) is 3.41. The number of hydrogen-bond donors (Lipinski definition) is 2. The lowest BCUT2D eigenvalue weighted by molar-refractivity contribution is -0.113. The first-order valence-corrected chi connectivity index (χ1v) is 11.0. The Balaban J connectivity index is 1.45. The summed E-state index contributed by atoms with van der Waals surface area (Å²) in [5.74, 6) is 6.48. The summed E-state index contributed by atoms with van der Waals surface area (Å²) in [4.78, 5) is 12.6. The first-order chi connectivity index (χ1) is 15.2. The van der Waals surface area contributed by atoms with Crippen LogP contribution < -0.4 is 11.2 Å². The fourth-order valence-corrected chi connectivity index (χ4v) is 4.06. The summed E-state index contributed by atoms with van der Waals surface area (Å²) in [6, 6.07) is 10.00. The van der Waals surface area contributed by atoms with E-state index in [0.29, 0.717) is 16.8 Å². The standard InChI is InChI=1S/C21H25N9OS/c1-12-6-8-17(9-7-12)30-16(5)19(15(4)27-30)23-18(31)11-32-21-25-24-20(28(21)22)29-14(3)10-13(2)26-29/h6-10H,11,22H2,1-5H3,(H,23,31). The smallest absolute Gasteiger partial charge is 0.271 e. The number of aryl methyl sites for hydroxylation is 4. The summed E-state index contributed by atoms with van der Waals surface area (Å²) in [6.07, 6.45) is 0. The molecule has 0 saturated carbocycles. The Morgan fingerprint density at radius 3 is 2.41 bits per heavy atom. The molecule has 0 radical (unpaired) electrons. The highest BCUT2D eigenvalue weighted by molar-refractivity contribution is 7.99. The summed E-state index contributed by atoms with van der Waals surface area (Å²) in [6.45, 7) is 9.65. The Hall–Kier alpha value is -3.60. The maximum Gasteiger partial charge on any atom is 0.271 e. The van der Waals surface area contributed by atoms with Crippen LogP contribution in [0.25, 0.3) is 11.6 Å². The number of benzene rings is 1. The molecule has 0 bridgehead atoms. The number of nitrogens with zero attached hydrogens (tertiary/aromatic N) is 7. The van der Waals surface area contributed by atoms with Gasteiger partial charge in [0.2, 0.25) is 11.1 Å². The van der Waals surface area contributed by atoms with Crippen LogP contribution in [0, 0.1) is 34.6 Å². The maximum absolute atomic E-state index is 12.6. The Morgan fingerprint density at radius 2 is 1.75 bits per heavy atom. The largest absolute Gasteiger partial charge is 0.334 e. The number of aromatic nitrogens is 7. The molecule has 11 heteroatoms. The van der Waals surface area contributed by atoms with Gasteiger partial charge >= 0.3 is 0 Å². The summed E-state index contributed by atoms with van der Waals surface area (Å²) in [7, 11) is 0. The number of carbonyl (C=O) groups is 1. The molecule has 0 atom stereocenters. The number of nitrogens with one attached hydrogen (secondary N) is 1. The van der Waals surface area contributed by atoms with Crippen LogP contribution in [0.15, 0.2) is 35.5 Å².